The standard InChI is InChI=1S/C27H33BrN4O3/c1-2-35-27(33)32-11-9-22-23-17-21(28)7-8-24(23)30-25(22)26(32)20-5-3-19(4-6-20)18-29-10-12-31-13-15-34-16-14-31/h3-8,17,26,29-30H,2,9-16,18H2,1H3. The van der Waals surface area contributed by atoms with Crippen LogP contribution >= 0.6 is 15.9 Å². The van der Waals surface area contributed by atoms with E-state index in [9.17, 15) is 4.79 Å². The lowest BCUT2D eigenvalue weighted by Crippen LogP contribution is -2.41. The molecule has 3 heterocycles. The summed E-state index contributed by atoms with van der Waals surface area (Å²) in [5.74, 6) is 0. The second-order valence-corrected chi connectivity index (χ2v) is 10.0. The molecule has 0 aliphatic carbocycles. The number of aromatic nitrogens is 1. The van der Waals surface area contributed by atoms with Crippen LogP contribution in [0, 0.1) is 0 Å². The Bertz CT molecular complexity index is 1160. The molecule has 1 aromatic heterocycles. The monoisotopic (exact) mass is 540 g/mol. The van der Waals surface area contributed by atoms with E-state index in [2.05, 4.69) is 67.5 Å². The number of fused-ring (bicyclic) bond motifs is 3. The molecule has 1 unspecified atom stereocenters. The third-order valence-electron chi connectivity index (χ3n) is 6.92. The highest BCUT2D eigenvalue weighted by molar-refractivity contribution is 9.10. The number of aromatic amines is 1. The molecule has 0 saturated carbocycles. The molecule has 1 amide bonds. The number of nitrogens with one attached hydrogen (secondary N) is 2. The van der Waals surface area contributed by atoms with Crippen molar-refractivity contribution in [1.29, 1.82) is 0 Å². The summed E-state index contributed by atoms with van der Waals surface area (Å²) in [6.07, 6.45) is 0.531. The van der Waals surface area contributed by atoms with Gasteiger partial charge in [-0.05, 0) is 48.2 Å². The SMILES string of the molecule is CCOC(=O)N1CCc2c([nH]c3ccc(Br)cc23)C1c1ccc(CNCCN2CCOCC2)cc1. The molecular formula is C27H33BrN4O3. The zero-order valence-corrected chi connectivity index (χ0v) is 21.8. The average molecular weight is 541 g/mol. The van der Waals surface area contributed by atoms with E-state index in [4.69, 9.17) is 9.47 Å². The molecule has 186 valence electrons. The zero-order chi connectivity index (χ0) is 24.2. The zero-order valence-electron chi connectivity index (χ0n) is 20.2. The summed E-state index contributed by atoms with van der Waals surface area (Å²) in [5, 5.41) is 4.76. The van der Waals surface area contributed by atoms with Gasteiger partial charge in [0.25, 0.3) is 0 Å². The van der Waals surface area contributed by atoms with E-state index in [0.29, 0.717) is 13.2 Å². The minimum atomic E-state index is -0.267. The molecule has 5 rings (SSSR count). The largest absolute Gasteiger partial charge is 0.450 e. The number of ether oxygens (including phenoxy) is 2. The molecule has 2 aliphatic heterocycles. The molecule has 2 N–H and O–H groups in total. The van der Waals surface area contributed by atoms with Crippen LogP contribution in [-0.4, -0.2) is 73.4 Å². The van der Waals surface area contributed by atoms with Crippen LogP contribution in [0.15, 0.2) is 46.9 Å². The molecule has 0 bridgehead atoms. The predicted molar refractivity (Wildman–Crippen MR) is 141 cm³/mol. The van der Waals surface area contributed by atoms with Gasteiger partial charge in [0.1, 0.15) is 6.04 Å². The maximum atomic E-state index is 12.9. The van der Waals surface area contributed by atoms with E-state index in [1.165, 1.54) is 16.5 Å². The van der Waals surface area contributed by atoms with Gasteiger partial charge in [-0.15, -0.1) is 0 Å². The van der Waals surface area contributed by atoms with Crippen molar-refractivity contribution in [3.63, 3.8) is 0 Å². The van der Waals surface area contributed by atoms with Crippen molar-refractivity contribution < 1.29 is 14.3 Å². The Kier molecular flexibility index (Phi) is 7.72. The first-order valence-corrected chi connectivity index (χ1v) is 13.3. The number of H-pyrrole nitrogens is 1. The van der Waals surface area contributed by atoms with Crippen LogP contribution < -0.4 is 5.32 Å². The molecule has 35 heavy (non-hydrogen) atoms. The van der Waals surface area contributed by atoms with Gasteiger partial charge in [-0.3, -0.25) is 9.80 Å². The fourth-order valence-corrected chi connectivity index (χ4v) is 5.48. The third kappa shape index (κ3) is 5.40. The van der Waals surface area contributed by atoms with Crippen LogP contribution in [0.25, 0.3) is 10.9 Å². The molecule has 1 fully saturated rings. The van der Waals surface area contributed by atoms with Gasteiger partial charge in [0.15, 0.2) is 0 Å². The van der Waals surface area contributed by atoms with Crippen molar-refractivity contribution in [2.24, 2.45) is 0 Å². The first-order valence-electron chi connectivity index (χ1n) is 12.5. The lowest BCUT2D eigenvalue weighted by atomic mass is 9.92. The van der Waals surface area contributed by atoms with E-state index in [0.717, 1.165) is 73.6 Å². The van der Waals surface area contributed by atoms with Gasteiger partial charge in [0.2, 0.25) is 0 Å². The summed E-state index contributed by atoms with van der Waals surface area (Å²) >= 11 is 3.60. The maximum absolute atomic E-state index is 12.9. The number of rotatable bonds is 7. The number of morpholine rings is 1. The topological polar surface area (TPSA) is 69.8 Å². The summed E-state index contributed by atoms with van der Waals surface area (Å²) in [6.45, 7) is 9.35. The number of carbonyl (C=O) groups excluding carboxylic acids is 1. The molecule has 2 aromatic carbocycles. The molecule has 1 saturated heterocycles. The smallest absolute Gasteiger partial charge is 0.410 e. The number of benzene rings is 2. The summed E-state index contributed by atoms with van der Waals surface area (Å²) < 4.78 is 11.9. The van der Waals surface area contributed by atoms with Crippen molar-refractivity contribution in [3.05, 3.63) is 69.3 Å². The van der Waals surface area contributed by atoms with Crippen LogP contribution in [0.4, 0.5) is 4.79 Å². The van der Waals surface area contributed by atoms with Gasteiger partial charge >= 0.3 is 6.09 Å². The summed E-state index contributed by atoms with van der Waals surface area (Å²) in [6, 6.07) is 14.7. The molecule has 8 heteroatoms. The number of amides is 1. The number of halogens is 1. The lowest BCUT2D eigenvalue weighted by Gasteiger charge is -2.35. The van der Waals surface area contributed by atoms with Gasteiger partial charge in [0, 0.05) is 60.3 Å². The van der Waals surface area contributed by atoms with Crippen molar-refractivity contribution in [1.82, 2.24) is 20.1 Å². The summed E-state index contributed by atoms with van der Waals surface area (Å²) in [7, 11) is 0. The Morgan fingerprint density at radius 3 is 2.74 bits per heavy atom. The highest BCUT2D eigenvalue weighted by Gasteiger charge is 2.35. The van der Waals surface area contributed by atoms with E-state index in [1.807, 2.05) is 17.9 Å². The van der Waals surface area contributed by atoms with Crippen LogP contribution in [0.3, 0.4) is 0 Å². The number of hydrogen-bond acceptors (Lipinski definition) is 5. The summed E-state index contributed by atoms with van der Waals surface area (Å²) in [4.78, 5) is 20.8. The molecule has 2 aliphatic rings. The van der Waals surface area contributed by atoms with Gasteiger partial charge < -0.3 is 19.8 Å². The molecule has 1 atom stereocenters. The average Bonchev–Trinajstić information content (AvgIpc) is 3.25. The highest BCUT2D eigenvalue weighted by Crippen LogP contribution is 2.39. The van der Waals surface area contributed by atoms with E-state index in [1.54, 1.807) is 0 Å². The maximum Gasteiger partial charge on any atom is 0.410 e. The minimum Gasteiger partial charge on any atom is -0.450 e. The summed E-state index contributed by atoms with van der Waals surface area (Å²) in [5.41, 5.74) is 5.77. The molecular weight excluding hydrogens is 508 g/mol. The van der Waals surface area contributed by atoms with Crippen molar-refractivity contribution in [2.45, 2.75) is 25.9 Å². The number of carbonyl (C=O) groups is 1. The van der Waals surface area contributed by atoms with Crippen LogP contribution in [0.2, 0.25) is 0 Å². The van der Waals surface area contributed by atoms with Crippen molar-refractivity contribution in [3.8, 4) is 0 Å². The Morgan fingerprint density at radius 2 is 1.97 bits per heavy atom. The molecule has 3 aromatic rings. The Hall–Kier alpha value is -2.39. The second kappa shape index (κ2) is 11.1. The highest BCUT2D eigenvalue weighted by atomic mass is 79.9. The quantitative estimate of drug-likeness (QED) is 0.433. The van der Waals surface area contributed by atoms with Crippen LogP contribution in [-0.2, 0) is 22.4 Å². The van der Waals surface area contributed by atoms with Gasteiger partial charge in [-0.2, -0.15) is 0 Å². The van der Waals surface area contributed by atoms with Gasteiger partial charge in [-0.1, -0.05) is 40.2 Å². The van der Waals surface area contributed by atoms with E-state index < -0.39 is 0 Å². The predicted octanol–water partition coefficient (Wildman–Crippen LogP) is 4.46. The van der Waals surface area contributed by atoms with Crippen LogP contribution in [0.1, 0.15) is 35.3 Å². The molecule has 7 nitrogen and oxygen atoms in total. The Labute approximate surface area is 214 Å². The first-order chi connectivity index (χ1) is 17.1. The Balaban J connectivity index is 1.34. The van der Waals surface area contributed by atoms with Gasteiger partial charge in [-0.25, -0.2) is 4.79 Å². The van der Waals surface area contributed by atoms with E-state index in [-0.39, 0.29) is 12.1 Å². The van der Waals surface area contributed by atoms with E-state index >= 15 is 0 Å². The minimum absolute atomic E-state index is 0.202. The third-order valence-corrected chi connectivity index (χ3v) is 7.42. The fourth-order valence-electron chi connectivity index (χ4n) is 5.12. The van der Waals surface area contributed by atoms with Crippen molar-refractivity contribution in [2.75, 3.05) is 52.5 Å². The first kappa shape index (κ1) is 24.3. The fraction of sp³-hybridized carbons (Fsp3) is 0.444. The molecule has 0 radical (unpaired) electrons. The second-order valence-electron chi connectivity index (χ2n) is 9.12. The van der Waals surface area contributed by atoms with Crippen LogP contribution in [0.5, 0.6) is 0 Å². The Morgan fingerprint density at radius 1 is 1.17 bits per heavy atom. The molecule has 0 spiro atoms. The lowest BCUT2D eigenvalue weighted by molar-refractivity contribution is 0.0384. The van der Waals surface area contributed by atoms with Crippen molar-refractivity contribution >= 4 is 32.9 Å². The number of nitrogens with zero attached hydrogens (tertiary/aromatic N) is 2. The number of hydrogen-bond donors (Lipinski definition) is 2. The normalized spacial score (nSPS) is 18.6. The van der Waals surface area contributed by atoms with Gasteiger partial charge in [0.05, 0.1) is 19.8 Å².